The summed E-state index contributed by atoms with van der Waals surface area (Å²) in [6.07, 6.45) is 1.16. The van der Waals surface area contributed by atoms with E-state index in [-0.39, 0.29) is 5.97 Å². The molecule has 2 rings (SSSR count). The maximum absolute atomic E-state index is 11.4. The summed E-state index contributed by atoms with van der Waals surface area (Å²) in [5, 5.41) is 4.13. The van der Waals surface area contributed by atoms with E-state index in [2.05, 4.69) is 21.0 Å². The quantitative estimate of drug-likeness (QED) is 0.759. The Balaban J connectivity index is 2.09. The summed E-state index contributed by atoms with van der Waals surface area (Å²) in [6.45, 7) is 2.94. The van der Waals surface area contributed by atoms with Gasteiger partial charge in [-0.1, -0.05) is 0 Å². The first-order valence-electron chi connectivity index (χ1n) is 4.70. The molecule has 5 nitrogen and oxygen atoms in total. The Morgan fingerprint density at radius 2 is 2.67 bits per heavy atom. The molecule has 15 heavy (non-hydrogen) atoms. The van der Waals surface area contributed by atoms with Gasteiger partial charge in [-0.2, -0.15) is 5.10 Å². The Morgan fingerprint density at radius 3 is 3.40 bits per heavy atom. The topological polar surface area (TPSA) is 53.4 Å². The zero-order valence-electron chi connectivity index (χ0n) is 8.27. The van der Waals surface area contributed by atoms with Gasteiger partial charge in [0, 0.05) is 0 Å². The third-order valence-corrected chi connectivity index (χ3v) is 2.87. The molecule has 0 saturated heterocycles. The maximum atomic E-state index is 11.4. The minimum atomic E-state index is -0.538. The molecule has 1 atom stereocenters. The number of carbonyl (C=O) groups excluding carboxylic acids is 1. The van der Waals surface area contributed by atoms with Crippen LogP contribution in [0.5, 0.6) is 0 Å². The normalized spacial score (nSPS) is 19.7. The number of carbonyl (C=O) groups is 1. The molecule has 82 valence electrons. The van der Waals surface area contributed by atoms with E-state index in [4.69, 9.17) is 9.47 Å². The minimum Gasteiger partial charge on any atom is -0.464 e. The Labute approximate surface area is 95.5 Å². The van der Waals surface area contributed by atoms with Crippen LogP contribution in [0.15, 0.2) is 10.7 Å². The number of hydrogen-bond donors (Lipinski definition) is 0. The standard InChI is InChI=1S/C9H11BrN2O3/c1-2-14-9(13)8-4-12-7(5-15-8)6(10)3-11-12/h3,8H,2,4-5H2,1H3. The van der Waals surface area contributed by atoms with Gasteiger partial charge in [0.2, 0.25) is 0 Å². The number of esters is 1. The fraction of sp³-hybridized carbons (Fsp3) is 0.556. The average molecular weight is 275 g/mol. The second-order valence-corrected chi connectivity index (χ2v) is 4.03. The number of rotatable bonds is 2. The third kappa shape index (κ3) is 2.05. The molecule has 0 bridgehead atoms. The highest BCUT2D eigenvalue weighted by atomic mass is 79.9. The van der Waals surface area contributed by atoms with Crippen LogP contribution in [0.4, 0.5) is 0 Å². The van der Waals surface area contributed by atoms with Gasteiger partial charge in [-0.05, 0) is 22.9 Å². The van der Waals surface area contributed by atoms with E-state index < -0.39 is 6.10 Å². The van der Waals surface area contributed by atoms with E-state index in [1.807, 2.05) is 0 Å². The minimum absolute atomic E-state index is 0.324. The Bertz CT molecular complexity index is 377. The van der Waals surface area contributed by atoms with Crippen LogP contribution in [0.1, 0.15) is 12.6 Å². The molecule has 0 saturated carbocycles. The van der Waals surface area contributed by atoms with Crippen LogP contribution in [-0.4, -0.2) is 28.5 Å². The van der Waals surface area contributed by atoms with Crippen molar-refractivity contribution in [1.82, 2.24) is 9.78 Å². The number of hydrogen-bond acceptors (Lipinski definition) is 4. The van der Waals surface area contributed by atoms with Gasteiger partial charge in [-0.15, -0.1) is 0 Å². The van der Waals surface area contributed by atoms with Crippen molar-refractivity contribution in [1.29, 1.82) is 0 Å². The van der Waals surface area contributed by atoms with Crippen molar-refractivity contribution < 1.29 is 14.3 Å². The summed E-state index contributed by atoms with van der Waals surface area (Å²) in [5.74, 6) is -0.324. The van der Waals surface area contributed by atoms with Crippen LogP contribution >= 0.6 is 15.9 Å². The summed E-state index contributed by atoms with van der Waals surface area (Å²) in [4.78, 5) is 11.4. The first-order chi connectivity index (χ1) is 7.22. The summed E-state index contributed by atoms with van der Waals surface area (Å²) in [6, 6.07) is 0. The van der Waals surface area contributed by atoms with Crippen molar-refractivity contribution >= 4 is 21.9 Å². The molecule has 1 unspecified atom stereocenters. The average Bonchev–Trinajstić information content (AvgIpc) is 2.60. The lowest BCUT2D eigenvalue weighted by atomic mass is 10.3. The van der Waals surface area contributed by atoms with E-state index in [1.54, 1.807) is 17.8 Å². The van der Waals surface area contributed by atoms with E-state index in [9.17, 15) is 4.79 Å². The smallest absolute Gasteiger partial charge is 0.337 e. The fourth-order valence-corrected chi connectivity index (χ4v) is 1.87. The van der Waals surface area contributed by atoms with Crippen molar-refractivity contribution in [3.8, 4) is 0 Å². The summed E-state index contributed by atoms with van der Waals surface area (Å²) in [5.41, 5.74) is 0.954. The van der Waals surface area contributed by atoms with Gasteiger partial charge in [-0.25, -0.2) is 4.79 Å². The molecule has 0 spiro atoms. The highest BCUT2D eigenvalue weighted by Gasteiger charge is 2.28. The molecule has 1 aromatic heterocycles. The molecule has 6 heteroatoms. The molecular formula is C9H11BrN2O3. The second-order valence-electron chi connectivity index (χ2n) is 3.17. The van der Waals surface area contributed by atoms with Crippen LogP contribution in [0, 0.1) is 0 Å². The molecule has 0 radical (unpaired) electrons. The monoisotopic (exact) mass is 274 g/mol. The number of nitrogens with zero attached hydrogens (tertiary/aromatic N) is 2. The zero-order valence-corrected chi connectivity index (χ0v) is 9.86. The number of halogens is 1. The van der Waals surface area contributed by atoms with Gasteiger partial charge < -0.3 is 9.47 Å². The Kier molecular flexibility index (Phi) is 3.06. The highest BCUT2D eigenvalue weighted by molar-refractivity contribution is 9.10. The lowest BCUT2D eigenvalue weighted by molar-refractivity contribution is -0.160. The summed E-state index contributed by atoms with van der Waals surface area (Å²) < 4.78 is 12.9. The third-order valence-electron chi connectivity index (χ3n) is 2.21. The van der Waals surface area contributed by atoms with Crippen molar-refractivity contribution in [2.45, 2.75) is 26.2 Å². The highest BCUT2D eigenvalue weighted by Crippen LogP contribution is 2.22. The predicted molar refractivity (Wildman–Crippen MR) is 55.1 cm³/mol. The van der Waals surface area contributed by atoms with E-state index in [0.717, 1.165) is 10.2 Å². The van der Waals surface area contributed by atoms with Crippen LogP contribution in [-0.2, 0) is 27.4 Å². The molecule has 1 aromatic rings. The lowest BCUT2D eigenvalue weighted by Gasteiger charge is -2.22. The van der Waals surface area contributed by atoms with E-state index in [1.165, 1.54) is 0 Å². The van der Waals surface area contributed by atoms with Gasteiger partial charge in [0.05, 0.1) is 36.1 Å². The molecule has 0 aliphatic carbocycles. The van der Waals surface area contributed by atoms with Gasteiger partial charge >= 0.3 is 5.97 Å². The number of aromatic nitrogens is 2. The Morgan fingerprint density at radius 1 is 1.87 bits per heavy atom. The van der Waals surface area contributed by atoms with Gasteiger partial charge in [-0.3, -0.25) is 4.68 Å². The zero-order chi connectivity index (χ0) is 10.8. The summed E-state index contributed by atoms with van der Waals surface area (Å²) in [7, 11) is 0. The SMILES string of the molecule is CCOC(=O)C1Cn2ncc(Br)c2CO1. The van der Waals surface area contributed by atoms with E-state index in [0.29, 0.717) is 19.8 Å². The molecule has 0 amide bonds. The summed E-state index contributed by atoms with van der Waals surface area (Å²) >= 11 is 3.36. The molecular weight excluding hydrogens is 264 g/mol. The van der Waals surface area contributed by atoms with Crippen molar-refractivity contribution in [2.24, 2.45) is 0 Å². The van der Waals surface area contributed by atoms with E-state index >= 15 is 0 Å². The van der Waals surface area contributed by atoms with Crippen molar-refractivity contribution in [2.75, 3.05) is 6.61 Å². The van der Waals surface area contributed by atoms with Crippen LogP contribution in [0.2, 0.25) is 0 Å². The second kappa shape index (κ2) is 4.32. The van der Waals surface area contributed by atoms with Gasteiger partial charge in [0.25, 0.3) is 0 Å². The molecule has 1 aliphatic rings. The molecule has 2 heterocycles. The maximum Gasteiger partial charge on any atom is 0.337 e. The largest absolute Gasteiger partial charge is 0.464 e. The van der Waals surface area contributed by atoms with Gasteiger partial charge in [0.1, 0.15) is 0 Å². The fourth-order valence-electron chi connectivity index (χ4n) is 1.46. The first-order valence-corrected chi connectivity index (χ1v) is 5.50. The van der Waals surface area contributed by atoms with Crippen LogP contribution < -0.4 is 0 Å². The van der Waals surface area contributed by atoms with Gasteiger partial charge in [0.15, 0.2) is 6.10 Å². The Hall–Kier alpha value is -0.880. The first kappa shape index (κ1) is 10.6. The predicted octanol–water partition coefficient (Wildman–Crippen LogP) is 1.11. The lowest BCUT2D eigenvalue weighted by Crippen LogP contribution is -2.35. The van der Waals surface area contributed by atoms with Crippen molar-refractivity contribution in [3.05, 3.63) is 16.4 Å². The van der Waals surface area contributed by atoms with Crippen LogP contribution in [0.25, 0.3) is 0 Å². The molecule has 0 aromatic carbocycles. The van der Waals surface area contributed by atoms with Crippen LogP contribution in [0.3, 0.4) is 0 Å². The van der Waals surface area contributed by atoms with Crippen molar-refractivity contribution in [3.63, 3.8) is 0 Å². The molecule has 0 N–H and O–H groups in total. The number of ether oxygens (including phenoxy) is 2. The number of fused-ring (bicyclic) bond motifs is 1. The molecule has 0 fully saturated rings. The molecule has 1 aliphatic heterocycles.